The maximum absolute atomic E-state index is 13.6. The van der Waals surface area contributed by atoms with Gasteiger partial charge >= 0.3 is 0 Å². The number of rotatable bonds is 9. The minimum absolute atomic E-state index is 0.0360. The Morgan fingerprint density at radius 1 is 1.03 bits per heavy atom. The fourth-order valence-electron chi connectivity index (χ4n) is 4.12. The molecule has 8 nitrogen and oxygen atoms in total. The standard InChI is InChI=1S/C27H29N3O5/c1-19-8-5-11-21(16-19)30(24(31)18-29-26(32)23-13-7-15-35-23)25(20-9-3-2-4-10-20)27(33)28-17-22-12-6-14-34-22/h2-5,7-11,13,15-16,22,25H,6,12,14,17-18H2,1H3,(H,28,33)(H,29,32)/t22-,25-/m0/s1. The van der Waals surface area contributed by atoms with Gasteiger partial charge in [0.05, 0.1) is 18.9 Å². The third-order valence-electron chi connectivity index (χ3n) is 5.84. The van der Waals surface area contributed by atoms with E-state index >= 15 is 0 Å². The van der Waals surface area contributed by atoms with Crippen molar-refractivity contribution in [1.82, 2.24) is 10.6 Å². The SMILES string of the molecule is Cc1cccc(N(C(=O)CNC(=O)c2ccco2)[C@H](C(=O)NC[C@@H]2CCCO2)c2ccccc2)c1. The molecule has 2 aromatic carbocycles. The van der Waals surface area contributed by atoms with Crippen LogP contribution in [0.5, 0.6) is 0 Å². The Balaban J connectivity index is 1.63. The van der Waals surface area contributed by atoms with Crippen LogP contribution in [0, 0.1) is 6.92 Å². The number of carbonyl (C=O) groups is 3. The van der Waals surface area contributed by atoms with E-state index < -0.39 is 17.9 Å². The molecule has 0 unspecified atom stereocenters. The summed E-state index contributed by atoms with van der Waals surface area (Å²) in [4.78, 5) is 41.0. The van der Waals surface area contributed by atoms with Gasteiger partial charge < -0.3 is 19.8 Å². The zero-order chi connectivity index (χ0) is 24.6. The van der Waals surface area contributed by atoms with Crippen LogP contribution >= 0.6 is 0 Å². The van der Waals surface area contributed by atoms with Gasteiger partial charge in [0.2, 0.25) is 11.8 Å². The molecule has 0 aliphatic carbocycles. The molecule has 4 rings (SSSR count). The molecule has 0 bridgehead atoms. The van der Waals surface area contributed by atoms with E-state index in [9.17, 15) is 14.4 Å². The molecule has 3 amide bonds. The summed E-state index contributed by atoms with van der Waals surface area (Å²) in [5.74, 6) is -1.16. The van der Waals surface area contributed by atoms with Crippen molar-refractivity contribution >= 4 is 23.4 Å². The highest BCUT2D eigenvalue weighted by Crippen LogP contribution is 2.29. The molecule has 0 radical (unpaired) electrons. The van der Waals surface area contributed by atoms with Crippen LogP contribution < -0.4 is 15.5 Å². The fourth-order valence-corrected chi connectivity index (χ4v) is 4.12. The molecular formula is C27H29N3O5. The summed E-state index contributed by atoms with van der Waals surface area (Å²) in [5.41, 5.74) is 2.15. The monoisotopic (exact) mass is 475 g/mol. The van der Waals surface area contributed by atoms with E-state index in [4.69, 9.17) is 9.15 Å². The van der Waals surface area contributed by atoms with Crippen molar-refractivity contribution in [2.45, 2.75) is 31.9 Å². The van der Waals surface area contributed by atoms with Crippen molar-refractivity contribution in [3.63, 3.8) is 0 Å². The fraction of sp³-hybridized carbons (Fsp3) is 0.296. The number of anilines is 1. The lowest BCUT2D eigenvalue weighted by atomic mass is 10.0. The highest BCUT2D eigenvalue weighted by Gasteiger charge is 2.33. The molecule has 182 valence electrons. The zero-order valence-electron chi connectivity index (χ0n) is 19.6. The lowest BCUT2D eigenvalue weighted by molar-refractivity contribution is -0.126. The second-order valence-corrected chi connectivity index (χ2v) is 8.46. The number of carbonyl (C=O) groups excluding carboxylic acids is 3. The zero-order valence-corrected chi connectivity index (χ0v) is 19.6. The Morgan fingerprint density at radius 2 is 1.86 bits per heavy atom. The van der Waals surface area contributed by atoms with Crippen LogP contribution in [0.4, 0.5) is 5.69 Å². The summed E-state index contributed by atoms with van der Waals surface area (Å²) in [6, 6.07) is 18.7. The lowest BCUT2D eigenvalue weighted by Gasteiger charge is -2.32. The van der Waals surface area contributed by atoms with Gasteiger partial charge in [0.15, 0.2) is 5.76 Å². The molecule has 8 heteroatoms. The summed E-state index contributed by atoms with van der Waals surface area (Å²) in [6.45, 7) is 2.66. The van der Waals surface area contributed by atoms with Crippen molar-refractivity contribution < 1.29 is 23.5 Å². The largest absolute Gasteiger partial charge is 0.459 e. The number of nitrogens with zero attached hydrogens (tertiary/aromatic N) is 1. The highest BCUT2D eigenvalue weighted by atomic mass is 16.5. The molecule has 1 aliphatic rings. The lowest BCUT2D eigenvalue weighted by Crippen LogP contribution is -2.48. The minimum Gasteiger partial charge on any atom is -0.459 e. The Labute approximate surface area is 204 Å². The molecular weight excluding hydrogens is 446 g/mol. The number of benzene rings is 2. The van der Waals surface area contributed by atoms with E-state index in [2.05, 4.69) is 10.6 Å². The van der Waals surface area contributed by atoms with Crippen molar-refractivity contribution in [2.75, 3.05) is 24.6 Å². The Hall–Kier alpha value is -3.91. The van der Waals surface area contributed by atoms with Crippen LogP contribution in [0.1, 0.15) is 40.6 Å². The van der Waals surface area contributed by atoms with Gasteiger partial charge in [0.1, 0.15) is 6.04 Å². The van der Waals surface area contributed by atoms with E-state index in [1.54, 1.807) is 12.1 Å². The smallest absolute Gasteiger partial charge is 0.287 e. The van der Waals surface area contributed by atoms with Gasteiger partial charge in [-0.1, -0.05) is 42.5 Å². The maximum Gasteiger partial charge on any atom is 0.287 e. The average Bonchev–Trinajstić information content (AvgIpc) is 3.59. The van der Waals surface area contributed by atoms with E-state index in [1.807, 2.05) is 55.5 Å². The van der Waals surface area contributed by atoms with E-state index in [0.717, 1.165) is 18.4 Å². The van der Waals surface area contributed by atoms with E-state index in [1.165, 1.54) is 17.2 Å². The first-order valence-electron chi connectivity index (χ1n) is 11.7. The molecule has 1 saturated heterocycles. The maximum atomic E-state index is 13.6. The molecule has 3 aromatic rings. The topological polar surface area (TPSA) is 101 Å². The predicted molar refractivity (Wildman–Crippen MR) is 131 cm³/mol. The number of amides is 3. The minimum atomic E-state index is -0.938. The summed E-state index contributed by atoms with van der Waals surface area (Å²) in [7, 11) is 0. The van der Waals surface area contributed by atoms with Crippen LogP contribution in [0.2, 0.25) is 0 Å². The van der Waals surface area contributed by atoms with Crippen LogP contribution in [0.25, 0.3) is 0 Å². The molecule has 0 saturated carbocycles. The predicted octanol–water partition coefficient (Wildman–Crippen LogP) is 3.39. The number of aryl methyl sites for hydroxylation is 1. The number of hydrogen-bond donors (Lipinski definition) is 2. The van der Waals surface area contributed by atoms with Gasteiger partial charge in [-0.3, -0.25) is 19.3 Å². The second kappa shape index (κ2) is 11.5. The van der Waals surface area contributed by atoms with Crippen molar-refractivity contribution in [2.24, 2.45) is 0 Å². The summed E-state index contributed by atoms with van der Waals surface area (Å²) in [5, 5.41) is 5.57. The normalized spacial score (nSPS) is 15.9. The quantitative estimate of drug-likeness (QED) is 0.494. The van der Waals surface area contributed by atoms with Crippen molar-refractivity contribution in [3.8, 4) is 0 Å². The first kappa shape index (κ1) is 24.2. The first-order valence-corrected chi connectivity index (χ1v) is 11.7. The van der Waals surface area contributed by atoms with E-state index in [0.29, 0.717) is 24.4 Å². The van der Waals surface area contributed by atoms with Crippen LogP contribution in [0.3, 0.4) is 0 Å². The van der Waals surface area contributed by atoms with Gasteiger partial charge in [0, 0.05) is 18.8 Å². The summed E-state index contributed by atoms with van der Waals surface area (Å²) < 4.78 is 10.8. The van der Waals surface area contributed by atoms with E-state index in [-0.39, 0.29) is 24.3 Å². The molecule has 0 spiro atoms. The second-order valence-electron chi connectivity index (χ2n) is 8.46. The average molecular weight is 476 g/mol. The number of hydrogen-bond acceptors (Lipinski definition) is 5. The van der Waals surface area contributed by atoms with Crippen LogP contribution in [-0.4, -0.2) is 43.5 Å². The first-order chi connectivity index (χ1) is 17.0. The molecule has 1 fully saturated rings. The Morgan fingerprint density at radius 3 is 2.54 bits per heavy atom. The Bertz CT molecular complexity index is 1140. The van der Waals surface area contributed by atoms with Gasteiger partial charge in [-0.2, -0.15) is 0 Å². The number of furan rings is 1. The van der Waals surface area contributed by atoms with Gasteiger partial charge in [-0.05, 0) is 55.2 Å². The van der Waals surface area contributed by atoms with Crippen molar-refractivity contribution in [3.05, 3.63) is 89.9 Å². The molecule has 1 aliphatic heterocycles. The summed E-state index contributed by atoms with van der Waals surface area (Å²) >= 11 is 0. The number of ether oxygens (including phenoxy) is 1. The highest BCUT2D eigenvalue weighted by molar-refractivity contribution is 6.04. The third kappa shape index (κ3) is 6.16. The van der Waals surface area contributed by atoms with Crippen LogP contribution in [-0.2, 0) is 14.3 Å². The molecule has 1 aromatic heterocycles. The molecule has 35 heavy (non-hydrogen) atoms. The molecule has 2 N–H and O–H groups in total. The third-order valence-corrected chi connectivity index (χ3v) is 5.84. The van der Waals surface area contributed by atoms with Crippen LogP contribution in [0.15, 0.2) is 77.4 Å². The van der Waals surface area contributed by atoms with Crippen molar-refractivity contribution in [1.29, 1.82) is 0 Å². The number of nitrogens with one attached hydrogen (secondary N) is 2. The molecule has 2 heterocycles. The van der Waals surface area contributed by atoms with Gasteiger partial charge in [-0.15, -0.1) is 0 Å². The Kier molecular flexibility index (Phi) is 7.95. The van der Waals surface area contributed by atoms with Gasteiger partial charge in [-0.25, -0.2) is 0 Å². The molecule has 2 atom stereocenters. The van der Waals surface area contributed by atoms with Gasteiger partial charge in [0.25, 0.3) is 5.91 Å². The summed E-state index contributed by atoms with van der Waals surface area (Å²) in [6.07, 6.45) is 3.20.